The summed E-state index contributed by atoms with van der Waals surface area (Å²) in [6, 6.07) is 2.77. The van der Waals surface area contributed by atoms with Gasteiger partial charge in [0, 0.05) is 0 Å². The number of halogens is 1. The Hall–Kier alpha value is 1.09. The summed E-state index contributed by atoms with van der Waals surface area (Å²) >= 11 is 5.56. The van der Waals surface area contributed by atoms with Crippen molar-refractivity contribution in [2.75, 3.05) is 5.43 Å². The molecule has 0 fully saturated rings. The van der Waals surface area contributed by atoms with Crippen LogP contribution in [0.15, 0.2) is 23.1 Å². The van der Waals surface area contributed by atoms with Crippen LogP contribution in [0.1, 0.15) is 0 Å². The van der Waals surface area contributed by atoms with Gasteiger partial charge in [-0.15, -0.1) is 4.83 Å². The van der Waals surface area contributed by atoms with Crippen molar-refractivity contribution in [2.45, 2.75) is 4.90 Å². The number of benzene rings is 1. The number of hydrogen-bond acceptors (Lipinski definition) is 7. The molecular formula is C6H5ClN2Na2O6S2. The van der Waals surface area contributed by atoms with E-state index in [1.165, 1.54) is 4.83 Å². The predicted octanol–water partition coefficient (Wildman–Crippen LogP) is -6.37. The monoisotopic (exact) mass is 346 g/mol. The van der Waals surface area contributed by atoms with Gasteiger partial charge in [0.25, 0.3) is 0 Å². The summed E-state index contributed by atoms with van der Waals surface area (Å²) in [7, 11) is -9.38. The first-order chi connectivity index (χ1) is 7.59. The van der Waals surface area contributed by atoms with Crippen molar-refractivity contribution < 1.29 is 85.1 Å². The molecule has 0 amide bonds. The quantitative estimate of drug-likeness (QED) is 0.314. The van der Waals surface area contributed by atoms with Crippen LogP contribution in [0.5, 0.6) is 0 Å². The third-order valence-electron chi connectivity index (χ3n) is 1.54. The van der Waals surface area contributed by atoms with E-state index in [1.54, 1.807) is 0 Å². The molecule has 96 valence electrons. The maximum absolute atomic E-state index is 10.6. The minimum Gasteiger partial charge on any atom is -0.744 e. The third-order valence-corrected chi connectivity index (χ3v) is 3.04. The molecule has 1 rings (SSSR count). The first-order valence-corrected chi connectivity index (χ1v) is 7.03. The molecule has 0 radical (unpaired) electrons. The minimum absolute atomic E-state index is 0. The van der Waals surface area contributed by atoms with E-state index in [4.69, 9.17) is 11.6 Å². The Morgan fingerprint density at radius 2 is 1.58 bits per heavy atom. The molecule has 0 saturated heterocycles. The van der Waals surface area contributed by atoms with Crippen LogP contribution in [0.2, 0.25) is 5.02 Å². The fraction of sp³-hybridized carbons (Fsp3) is 0. The molecule has 0 heterocycles. The molecule has 0 atom stereocenters. The van der Waals surface area contributed by atoms with E-state index in [-0.39, 0.29) is 69.8 Å². The van der Waals surface area contributed by atoms with Crippen LogP contribution < -0.4 is 69.4 Å². The summed E-state index contributed by atoms with van der Waals surface area (Å²) in [6.45, 7) is 0. The SMILES string of the molecule is O=S(=O)([O-])NNc1ccc(S(=O)(=O)[O-])cc1Cl.[Na+].[Na+]. The third kappa shape index (κ3) is 8.19. The van der Waals surface area contributed by atoms with Crippen molar-refractivity contribution in [3.8, 4) is 0 Å². The second kappa shape index (κ2) is 8.51. The van der Waals surface area contributed by atoms with Crippen LogP contribution >= 0.6 is 11.6 Å². The van der Waals surface area contributed by atoms with Gasteiger partial charge in [-0.25, -0.2) is 16.8 Å². The van der Waals surface area contributed by atoms with E-state index >= 15 is 0 Å². The maximum Gasteiger partial charge on any atom is 1.00 e. The summed E-state index contributed by atoms with van der Waals surface area (Å²) in [5.74, 6) is 0. The van der Waals surface area contributed by atoms with Crippen molar-refractivity contribution in [3.05, 3.63) is 23.2 Å². The molecule has 0 aliphatic heterocycles. The van der Waals surface area contributed by atoms with Crippen molar-refractivity contribution >= 4 is 37.7 Å². The maximum atomic E-state index is 10.6. The van der Waals surface area contributed by atoms with Crippen molar-refractivity contribution in [3.63, 3.8) is 0 Å². The molecule has 1 aromatic rings. The van der Waals surface area contributed by atoms with Gasteiger partial charge >= 0.3 is 59.1 Å². The number of anilines is 1. The molecule has 0 aliphatic carbocycles. The first-order valence-electron chi connectivity index (χ1n) is 3.84. The van der Waals surface area contributed by atoms with Crippen LogP contribution in [0, 0.1) is 0 Å². The Morgan fingerprint density at radius 1 is 1.05 bits per heavy atom. The van der Waals surface area contributed by atoms with Gasteiger partial charge in [-0.05, 0) is 18.2 Å². The molecule has 0 spiro atoms. The summed E-state index contributed by atoms with van der Waals surface area (Å²) < 4.78 is 62.5. The average Bonchev–Trinajstić information content (AvgIpc) is 2.12. The molecule has 0 saturated carbocycles. The summed E-state index contributed by atoms with van der Waals surface area (Å²) in [4.78, 5) is 0.821. The van der Waals surface area contributed by atoms with Gasteiger partial charge in [0.1, 0.15) is 10.1 Å². The topological polar surface area (TPSA) is 138 Å². The number of rotatable bonds is 4. The summed E-state index contributed by atoms with van der Waals surface area (Å²) in [5, 5.41) is -0.238. The molecule has 0 bridgehead atoms. The molecule has 0 unspecified atom stereocenters. The van der Waals surface area contributed by atoms with Crippen LogP contribution in [-0.2, 0) is 20.4 Å². The van der Waals surface area contributed by atoms with Gasteiger partial charge in [0.05, 0.1) is 15.6 Å². The standard InChI is InChI=1S/C6H7ClN2O6S2.2Na/c7-5-3-4(16(10,11)12)1-2-6(5)8-9-17(13,14)15;;/h1-3,8-9H,(H,10,11,12)(H,13,14,15);;/q;2*+1/p-2. The Labute approximate surface area is 159 Å². The van der Waals surface area contributed by atoms with Gasteiger partial charge < -0.3 is 14.5 Å². The van der Waals surface area contributed by atoms with E-state index in [0.29, 0.717) is 0 Å². The largest absolute Gasteiger partial charge is 1.00 e. The van der Waals surface area contributed by atoms with Crippen LogP contribution in [-0.4, -0.2) is 25.9 Å². The van der Waals surface area contributed by atoms with Crippen molar-refractivity contribution in [2.24, 2.45) is 0 Å². The van der Waals surface area contributed by atoms with Gasteiger partial charge in [0.2, 0.25) is 0 Å². The van der Waals surface area contributed by atoms with Crippen molar-refractivity contribution in [1.82, 2.24) is 4.83 Å². The molecule has 13 heteroatoms. The smallest absolute Gasteiger partial charge is 0.744 e. The Bertz CT molecular complexity index is 635. The number of nitrogens with one attached hydrogen (secondary N) is 2. The molecule has 8 nitrogen and oxygen atoms in total. The van der Waals surface area contributed by atoms with Crippen molar-refractivity contribution in [1.29, 1.82) is 0 Å². The van der Waals surface area contributed by atoms with Gasteiger partial charge in [0.15, 0.2) is 10.3 Å². The zero-order valence-electron chi connectivity index (χ0n) is 9.88. The van der Waals surface area contributed by atoms with E-state index in [0.717, 1.165) is 18.2 Å². The van der Waals surface area contributed by atoms with Gasteiger partial charge in [-0.1, -0.05) is 11.6 Å². The van der Waals surface area contributed by atoms with E-state index < -0.39 is 25.3 Å². The average molecular weight is 347 g/mol. The first kappa shape index (κ1) is 22.4. The van der Waals surface area contributed by atoms with Crippen LogP contribution in [0.4, 0.5) is 5.69 Å². The second-order valence-electron chi connectivity index (χ2n) is 2.78. The molecule has 19 heavy (non-hydrogen) atoms. The fourth-order valence-electron chi connectivity index (χ4n) is 0.870. The van der Waals surface area contributed by atoms with Crippen LogP contribution in [0.25, 0.3) is 0 Å². The molecule has 1 aromatic carbocycles. The summed E-state index contributed by atoms with van der Waals surface area (Å²) in [6.07, 6.45) is 0. The Balaban J connectivity index is 0. The summed E-state index contributed by atoms with van der Waals surface area (Å²) in [5.41, 5.74) is 1.88. The second-order valence-corrected chi connectivity index (χ2v) is 5.68. The molecule has 0 aliphatic rings. The zero-order chi connectivity index (χ0) is 13.3. The van der Waals surface area contributed by atoms with Crippen LogP contribution in [0.3, 0.4) is 0 Å². The molecular weight excluding hydrogens is 342 g/mol. The normalized spacial score (nSPS) is 11.1. The van der Waals surface area contributed by atoms with E-state index in [9.17, 15) is 25.9 Å². The Kier molecular flexibility index (Phi) is 10.0. The minimum atomic E-state index is -4.73. The van der Waals surface area contributed by atoms with Gasteiger partial charge in [-0.2, -0.15) is 0 Å². The zero-order valence-corrected chi connectivity index (χ0v) is 16.3. The van der Waals surface area contributed by atoms with Gasteiger partial charge in [-0.3, -0.25) is 0 Å². The molecule has 0 aromatic heterocycles. The van der Waals surface area contributed by atoms with E-state index in [2.05, 4.69) is 0 Å². The van der Waals surface area contributed by atoms with E-state index in [1.807, 2.05) is 5.43 Å². The number of hydrogen-bond donors (Lipinski definition) is 2. The molecule has 2 N–H and O–H groups in total. The number of hydrazine groups is 1. The predicted molar refractivity (Wildman–Crippen MR) is 55.9 cm³/mol. The fourth-order valence-corrected chi connectivity index (χ4v) is 1.89. The Morgan fingerprint density at radius 3 is 1.95 bits per heavy atom.